The molecule has 1 amide bonds. The summed E-state index contributed by atoms with van der Waals surface area (Å²) in [6.45, 7) is 6.35. The number of amides is 1. The Kier molecular flexibility index (Phi) is 6.22. The highest BCUT2D eigenvalue weighted by Gasteiger charge is 2.08. The summed E-state index contributed by atoms with van der Waals surface area (Å²) < 4.78 is 0. The number of hydrogen-bond donors (Lipinski definition) is 1. The van der Waals surface area contributed by atoms with Crippen molar-refractivity contribution in [2.45, 2.75) is 27.3 Å². The Morgan fingerprint density at radius 2 is 1.84 bits per heavy atom. The first-order chi connectivity index (χ1) is 9.27. The number of aryl methyl sites for hydroxylation is 1. The summed E-state index contributed by atoms with van der Waals surface area (Å²) in [5.74, 6) is -0.153. The molecule has 0 aliphatic carbocycles. The van der Waals surface area contributed by atoms with Crippen molar-refractivity contribution in [3.05, 3.63) is 59.7 Å². The van der Waals surface area contributed by atoms with E-state index in [1.54, 1.807) is 18.6 Å². The molecule has 100 valence electrons. The van der Waals surface area contributed by atoms with Crippen LogP contribution in [0.25, 0.3) is 0 Å². The molecule has 0 bridgehead atoms. The van der Waals surface area contributed by atoms with Crippen molar-refractivity contribution in [1.82, 2.24) is 15.3 Å². The van der Waals surface area contributed by atoms with Crippen LogP contribution in [0, 0.1) is 6.92 Å². The van der Waals surface area contributed by atoms with Gasteiger partial charge in [-0.2, -0.15) is 0 Å². The van der Waals surface area contributed by atoms with Crippen LogP contribution in [0.4, 0.5) is 0 Å². The first kappa shape index (κ1) is 14.8. The maximum atomic E-state index is 11.8. The molecule has 2 rings (SSSR count). The number of rotatable bonds is 3. The third kappa shape index (κ3) is 4.50. The number of carbonyl (C=O) groups excluding carboxylic acids is 1. The molecule has 0 aliphatic rings. The predicted octanol–water partition coefficient (Wildman–Crippen LogP) is 2.74. The average Bonchev–Trinajstić information content (AvgIpc) is 2.48. The van der Waals surface area contributed by atoms with Crippen LogP contribution in [-0.2, 0) is 6.54 Å². The van der Waals surface area contributed by atoms with Crippen LogP contribution in [0.5, 0.6) is 0 Å². The largest absolute Gasteiger partial charge is 0.347 e. The van der Waals surface area contributed by atoms with E-state index in [0.29, 0.717) is 12.2 Å². The van der Waals surface area contributed by atoms with Crippen molar-refractivity contribution >= 4 is 5.91 Å². The molecule has 0 aromatic carbocycles. The van der Waals surface area contributed by atoms with Crippen LogP contribution in [0.2, 0.25) is 0 Å². The third-order valence-corrected chi connectivity index (χ3v) is 2.43. The van der Waals surface area contributed by atoms with E-state index in [0.717, 1.165) is 11.1 Å². The lowest BCUT2D eigenvalue weighted by Gasteiger charge is -2.06. The van der Waals surface area contributed by atoms with Crippen LogP contribution in [0.1, 0.15) is 35.5 Å². The fourth-order valence-corrected chi connectivity index (χ4v) is 1.49. The van der Waals surface area contributed by atoms with Crippen molar-refractivity contribution in [2.24, 2.45) is 0 Å². The van der Waals surface area contributed by atoms with Gasteiger partial charge in [0.2, 0.25) is 0 Å². The van der Waals surface area contributed by atoms with Crippen LogP contribution in [0.15, 0.2) is 42.9 Å². The van der Waals surface area contributed by atoms with Crippen LogP contribution in [0.3, 0.4) is 0 Å². The van der Waals surface area contributed by atoms with Crippen molar-refractivity contribution in [3.8, 4) is 0 Å². The van der Waals surface area contributed by atoms with Gasteiger partial charge >= 0.3 is 0 Å². The van der Waals surface area contributed by atoms with E-state index in [9.17, 15) is 4.79 Å². The number of pyridine rings is 2. The molecular weight excluding hydrogens is 238 g/mol. The lowest BCUT2D eigenvalue weighted by molar-refractivity contribution is 0.0945. The van der Waals surface area contributed by atoms with Gasteiger partial charge in [0.25, 0.3) is 5.91 Å². The molecule has 0 aliphatic heterocycles. The fourth-order valence-electron chi connectivity index (χ4n) is 1.49. The van der Waals surface area contributed by atoms with E-state index < -0.39 is 0 Å². The number of carbonyl (C=O) groups is 1. The smallest absolute Gasteiger partial charge is 0.270 e. The van der Waals surface area contributed by atoms with Gasteiger partial charge in [0.05, 0.1) is 0 Å². The Bertz CT molecular complexity index is 512. The van der Waals surface area contributed by atoms with E-state index in [4.69, 9.17) is 0 Å². The summed E-state index contributed by atoms with van der Waals surface area (Å²) in [6, 6.07) is 7.42. The minimum atomic E-state index is -0.153. The van der Waals surface area contributed by atoms with E-state index in [-0.39, 0.29) is 5.91 Å². The molecular formula is C15H19N3O. The summed E-state index contributed by atoms with van der Waals surface area (Å²) in [7, 11) is 0. The number of nitrogens with one attached hydrogen (secondary N) is 1. The van der Waals surface area contributed by atoms with Gasteiger partial charge in [-0.05, 0) is 36.2 Å². The Morgan fingerprint density at radius 3 is 2.47 bits per heavy atom. The standard InChI is InChI=1S/C13H13N3O.C2H6/c1-10-3-2-6-15-12(10)13(17)16-9-11-4-7-14-8-5-11;1-2/h2-8H,9H2,1H3,(H,16,17);1-2H3. The second-order valence-corrected chi connectivity index (χ2v) is 3.71. The molecule has 0 atom stereocenters. The van der Waals surface area contributed by atoms with E-state index in [2.05, 4.69) is 15.3 Å². The van der Waals surface area contributed by atoms with Crippen molar-refractivity contribution < 1.29 is 4.79 Å². The quantitative estimate of drug-likeness (QED) is 0.919. The number of hydrogen-bond acceptors (Lipinski definition) is 3. The molecule has 2 heterocycles. The monoisotopic (exact) mass is 257 g/mol. The normalized spacial score (nSPS) is 9.21. The molecule has 4 nitrogen and oxygen atoms in total. The minimum absolute atomic E-state index is 0.153. The van der Waals surface area contributed by atoms with E-state index in [1.807, 2.05) is 45.0 Å². The van der Waals surface area contributed by atoms with Gasteiger partial charge in [-0.1, -0.05) is 19.9 Å². The maximum Gasteiger partial charge on any atom is 0.270 e. The molecule has 0 fully saturated rings. The second-order valence-electron chi connectivity index (χ2n) is 3.71. The summed E-state index contributed by atoms with van der Waals surface area (Å²) >= 11 is 0. The first-order valence-electron chi connectivity index (χ1n) is 6.36. The average molecular weight is 257 g/mol. The van der Waals surface area contributed by atoms with E-state index in [1.165, 1.54) is 0 Å². The van der Waals surface area contributed by atoms with Gasteiger partial charge in [-0.25, -0.2) is 0 Å². The van der Waals surface area contributed by atoms with Crippen molar-refractivity contribution in [3.63, 3.8) is 0 Å². The lowest BCUT2D eigenvalue weighted by atomic mass is 10.2. The summed E-state index contributed by atoms with van der Waals surface area (Å²) in [6.07, 6.45) is 5.02. The summed E-state index contributed by atoms with van der Waals surface area (Å²) in [5, 5.41) is 2.83. The molecule has 2 aromatic rings. The lowest BCUT2D eigenvalue weighted by Crippen LogP contribution is -2.24. The highest BCUT2D eigenvalue weighted by molar-refractivity contribution is 5.93. The fraction of sp³-hybridized carbons (Fsp3) is 0.267. The SMILES string of the molecule is CC.Cc1cccnc1C(=O)NCc1ccncc1. The van der Waals surface area contributed by atoms with Crippen LogP contribution in [-0.4, -0.2) is 15.9 Å². The van der Waals surface area contributed by atoms with Gasteiger partial charge < -0.3 is 5.32 Å². The van der Waals surface area contributed by atoms with Crippen molar-refractivity contribution in [1.29, 1.82) is 0 Å². The zero-order valence-electron chi connectivity index (χ0n) is 11.6. The maximum absolute atomic E-state index is 11.8. The Hall–Kier alpha value is -2.23. The Morgan fingerprint density at radius 1 is 1.16 bits per heavy atom. The molecule has 2 aromatic heterocycles. The molecule has 4 heteroatoms. The predicted molar refractivity (Wildman–Crippen MR) is 75.7 cm³/mol. The highest BCUT2D eigenvalue weighted by Crippen LogP contribution is 2.03. The van der Waals surface area contributed by atoms with Crippen LogP contribution >= 0.6 is 0 Å². The molecule has 19 heavy (non-hydrogen) atoms. The van der Waals surface area contributed by atoms with Gasteiger partial charge in [0, 0.05) is 25.1 Å². The van der Waals surface area contributed by atoms with Gasteiger partial charge in [0.1, 0.15) is 5.69 Å². The van der Waals surface area contributed by atoms with Crippen molar-refractivity contribution in [2.75, 3.05) is 0 Å². The second kappa shape index (κ2) is 7.97. The zero-order chi connectivity index (χ0) is 14.1. The molecule has 0 saturated carbocycles. The first-order valence-corrected chi connectivity index (χ1v) is 6.36. The minimum Gasteiger partial charge on any atom is -0.347 e. The molecule has 0 radical (unpaired) electrons. The zero-order valence-corrected chi connectivity index (χ0v) is 11.6. The molecule has 0 saturated heterocycles. The Balaban J connectivity index is 0.000000861. The Labute approximate surface area is 113 Å². The van der Waals surface area contributed by atoms with Gasteiger partial charge in [-0.15, -0.1) is 0 Å². The van der Waals surface area contributed by atoms with Crippen LogP contribution < -0.4 is 5.32 Å². The van der Waals surface area contributed by atoms with Gasteiger partial charge in [0.15, 0.2) is 0 Å². The molecule has 1 N–H and O–H groups in total. The topological polar surface area (TPSA) is 54.9 Å². The summed E-state index contributed by atoms with van der Waals surface area (Å²) in [5.41, 5.74) is 2.36. The van der Waals surface area contributed by atoms with E-state index >= 15 is 0 Å². The number of nitrogens with zero attached hydrogens (tertiary/aromatic N) is 2. The number of aromatic nitrogens is 2. The summed E-state index contributed by atoms with van der Waals surface area (Å²) in [4.78, 5) is 19.8. The third-order valence-electron chi connectivity index (χ3n) is 2.43. The van der Waals surface area contributed by atoms with Gasteiger partial charge in [-0.3, -0.25) is 14.8 Å². The molecule has 0 spiro atoms. The highest BCUT2D eigenvalue weighted by atomic mass is 16.1. The molecule has 0 unspecified atom stereocenters.